The van der Waals surface area contributed by atoms with E-state index >= 15 is 0 Å². The number of carboxylic acids is 1. The van der Waals surface area contributed by atoms with Crippen LogP contribution < -0.4 is 0 Å². The number of likely N-dealkylation sites (tertiary alicyclic amines) is 1. The van der Waals surface area contributed by atoms with Gasteiger partial charge in [-0.3, -0.25) is 9.46 Å². The van der Waals surface area contributed by atoms with Crippen molar-refractivity contribution >= 4 is 19.7 Å². The zero-order valence-electron chi connectivity index (χ0n) is 11.5. The Balaban J connectivity index is 2.03. The van der Waals surface area contributed by atoms with Gasteiger partial charge in [0.1, 0.15) is 12.6 Å². The van der Waals surface area contributed by atoms with Crippen LogP contribution in [0.5, 0.6) is 0 Å². The molecule has 1 heterocycles. The molecule has 0 saturated carbocycles. The van der Waals surface area contributed by atoms with Crippen LogP contribution in [-0.2, 0) is 20.7 Å². The van der Waals surface area contributed by atoms with E-state index in [2.05, 4.69) is 0 Å². The third kappa shape index (κ3) is 3.85. The molecule has 0 radical (unpaired) electrons. The molecule has 22 heavy (non-hydrogen) atoms. The van der Waals surface area contributed by atoms with E-state index in [1.165, 1.54) is 0 Å². The molecule has 2 unspecified atom stereocenters. The molecule has 1 saturated heterocycles. The number of hydrogen-bond donors (Lipinski definition) is 3. The van der Waals surface area contributed by atoms with Gasteiger partial charge in [0.15, 0.2) is 0 Å². The van der Waals surface area contributed by atoms with Gasteiger partial charge in [-0.15, -0.1) is 0 Å². The van der Waals surface area contributed by atoms with Gasteiger partial charge >= 0.3 is 19.7 Å². The number of carbonyl (C=O) groups excluding carboxylic acids is 1. The van der Waals surface area contributed by atoms with Crippen molar-refractivity contribution in [3.63, 3.8) is 0 Å². The quantitative estimate of drug-likeness (QED) is 0.705. The monoisotopic (exact) mass is 329 g/mol. The van der Waals surface area contributed by atoms with E-state index < -0.39 is 31.4 Å². The number of nitrogens with zero attached hydrogens (tertiary/aromatic N) is 1. The number of hydrogen-bond acceptors (Lipinski definition) is 4. The predicted octanol–water partition coefficient (Wildman–Crippen LogP) is 1.03. The van der Waals surface area contributed by atoms with Gasteiger partial charge in [-0.05, 0) is 12.0 Å². The second-order valence-corrected chi connectivity index (χ2v) is 6.93. The minimum atomic E-state index is -4.46. The summed E-state index contributed by atoms with van der Waals surface area (Å²) in [7, 11) is -4.46. The lowest BCUT2D eigenvalue weighted by Gasteiger charge is -2.20. The maximum absolute atomic E-state index is 12.0. The summed E-state index contributed by atoms with van der Waals surface area (Å²) in [5, 5.41) is 9.10. The van der Waals surface area contributed by atoms with Gasteiger partial charge < -0.3 is 19.6 Å². The summed E-state index contributed by atoms with van der Waals surface area (Å²) in [6.45, 7) is -0.377. The summed E-state index contributed by atoms with van der Waals surface area (Å²) in [5.74, 6) is -1.31. The molecule has 0 spiro atoms. The van der Waals surface area contributed by atoms with E-state index in [1.807, 2.05) is 0 Å². The van der Waals surface area contributed by atoms with Gasteiger partial charge in [0.2, 0.25) is 0 Å². The first-order chi connectivity index (χ1) is 10.3. The van der Waals surface area contributed by atoms with Crippen LogP contribution in [0, 0.1) is 0 Å². The largest absolute Gasteiger partial charge is 0.480 e. The minimum Gasteiger partial charge on any atom is -0.480 e. The SMILES string of the molecule is O=C(O)C1CC(P(=O)(O)O)CN1C(=O)OCc1ccccc1. The number of amides is 1. The number of aliphatic carboxylic acids is 1. The lowest BCUT2D eigenvalue weighted by atomic mass is 10.2. The Morgan fingerprint density at radius 2 is 1.91 bits per heavy atom. The first-order valence-electron chi connectivity index (χ1n) is 6.54. The molecule has 2 rings (SSSR count). The Labute approximate surface area is 126 Å². The van der Waals surface area contributed by atoms with Crippen molar-refractivity contribution in [3.8, 4) is 0 Å². The molecule has 1 aromatic rings. The fourth-order valence-corrected chi connectivity index (χ4v) is 3.16. The summed E-state index contributed by atoms with van der Waals surface area (Å²) < 4.78 is 16.3. The van der Waals surface area contributed by atoms with Gasteiger partial charge in [0.25, 0.3) is 0 Å². The molecule has 3 N–H and O–H groups in total. The Kier molecular flexibility index (Phi) is 4.85. The van der Waals surface area contributed by atoms with Gasteiger partial charge in [0.05, 0.1) is 5.66 Å². The summed E-state index contributed by atoms with van der Waals surface area (Å²) in [6, 6.07) is 7.53. The van der Waals surface area contributed by atoms with Crippen molar-refractivity contribution in [2.75, 3.05) is 6.54 Å². The van der Waals surface area contributed by atoms with Crippen molar-refractivity contribution in [1.29, 1.82) is 0 Å². The molecule has 1 aliphatic rings. The molecule has 1 aliphatic heterocycles. The van der Waals surface area contributed by atoms with Crippen molar-refractivity contribution in [2.45, 2.75) is 24.7 Å². The number of carbonyl (C=O) groups is 2. The number of ether oxygens (including phenoxy) is 1. The van der Waals surface area contributed by atoms with Crippen molar-refractivity contribution in [2.24, 2.45) is 0 Å². The Bertz CT molecular complexity index is 600. The summed E-state index contributed by atoms with van der Waals surface area (Å²) in [5.41, 5.74) is -0.452. The fraction of sp³-hybridized carbons (Fsp3) is 0.385. The van der Waals surface area contributed by atoms with Gasteiger partial charge in [-0.2, -0.15) is 0 Å². The second kappa shape index (κ2) is 6.48. The highest BCUT2D eigenvalue weighted by molar-refractivity contribution is 7.52. The average molecular weight is 329 g/mol. The lowest BCUT2D eigenvalue weighted by Crippen LogP contribution is -2.40. The highest BCUT2D eigenvalue weighted by Crippen LogP contribution is 2.47. The zero-order chi connectivity index (χ0) is 16.3. The van der Waals surface area contributed by atoms with E-state index in [0.29, 0.717) is 0 Å². The van der Waals surface area contributed by atoms with Crippen LogP contribution >= 0.6 is 7.60 Å². The molecule has 9 heteroatoms. The maximum atomic E-state index is 12.0. The highest BCUT2D eigenvalue weighted by atomic mass is 31.2. The number of benzene rings is 1. The highest BCUT2D eigenvalue weighted by Gasteiger charge is 2.47. The molecule has 1 amide bonds. The minimum absolute atomic E-state index is 0.0386. The van der Waals surface area contributed by atoms with Gasteiger partial charge in [-0.1, -0.05) is 30.3 Å². The molecule has 1 fully saturated rings. The molecular weight excluding hydrogens is 313 g/mol. The van der Waals surface area contributed by atoms with Crippen LogP contribution in [0.1, 0.15) is 12.0 Å². The van der Waals surface area contributed by atoms with Crippen LogP contribution in [-0.4, -0.2) is 50.1 Å². The molecule has 2 atom stereocenters. The molecule has 1 aromatic carbocycles. The fourth-order valence-electron chi connectivity index (χ4n) is 2.30. The summed E-state index contributed by atoms with van der Waals surface area (Å²) in [4.78, 5) is 42.3. The van der Waals surface area contributed by atoms with Crippen molar-refractivity contribution < 1.29 is 33.8 Å². The molecule has 0 bridgehead atoms. The third-order valence-electron chi connectivity index (χ3n) is 3.48. The third-order valence-corrected chi connectivity index (χ3v) is 4.80. The predicted molar refractivity (Wildman–Crippen MR) is 75.2 cm³/mol. The summed E-state index contributed by atoms with van der Waals surface area (Å²) in [6.07, 6.45) is -1.19. The summed E-state index contributed by atoms with van der Waals surface area (Å²) >= 11 is 0. The maximum Gasteiger partial charge on any atom is 0.410 e. The van der Waals surface area contributed by atoms with Crippen LogP contribution in [0.15, 0.2) is 30.3 Å². The normalized spacial score (nSPS) is 21.6. The van der Waals surface area contributed by atoms with Gasteiger partial charge in [-0.25, -0.2) is 9.59 Å². The number of rotatable bonds is 4. The topological polar surface area (TPSA) is 124 Å². The van der Waals surface area contributed by atoms with Crippen molar-refractivity contribution in [1.82, 2.24) is 4.90 Å². The first kappa shape index (κ1) is 16.5. The first-order valence-corrected chi connectivity index (χ1v) is 8.22. The molecule has 0 aliphatic carbocycles. The van der Waals surface area contributed by atoms with E-state index in [9.17, 15) is 14.2 Å². The van der Waals surface area contributed by atoms with Crippen molar-refractivity contribution in [3.05, 3.63) is 35.9 Å². The average Bonchev–Trinajstić information content (AvgIpc) is 2.91. The standard InChI is InChI=1S/C13H16NO7P/c15-12(16)11-6-10(22(18,19)20)7-14(11)13(17)21-8-9-4-2-1-3-5-9/h1-5,10-11H,6-8H2,(H,15,16)(H2,18,19,20). The second-order valence-electron chi connectivity index (χ2n) is 5.03. The smallest absolute Gasteiger partial charge is 0.410 e. The zero-order valence-corrected chi connectivity index (χ0v) is 12.4. The van der Waals surface area contributed by atoms with E-state index in [4.69, 9.17) is 19.6 Å². The van der Waals surface area contributed by atoms with Gasteiger partial charge in [0, 0.05) is 6.54 Å². The van der Waals surface area contributed by atoms with Crippen LogP contribution in [0.4, 0.5) is 4.79 Å². The van der Waals surface area contributed by atoms with E-state index in [0.717, 1.165) is 10.5 Å². The molecule has 120 valence electrons. The van der Waals surface area contributed by atoms with E-state index in [-0.39, 0.29) is 19.6 Å². The Morgan fingerprint density at radius 1 is 1.27 bits per heavy atom. The molecule has 8 nitrogen and oxygen atoms in total. The van der Waals surface area contributed by atoms with Crippen LogP contribution in [0.2, 0.25) is 0 Å². The Hall–Kier alpha value is -1.89. The number of carboxylic acid groups (broad SMARTS) is 1. The Morgan fingerprint density at radius 3 is 2.45 bits per heavy atom. The van der Waals surface area contributed by atoms with E-state index in [1.54, 1.807) is 30.3 Å². The molecule has 0 aromatic heterocycles. The molecular formula is C13H16NO7P. The lowest BCUT2D eigenvalue weighted by molar-refractivity contribution is -0.141. The van der Waals surface area contributed by atoms with Crippen LogP contribution in [0.3, 0.4) is 0 Å². The van der Waals surface area contributed by atoms with Crippen LogP contribution in [0.25, 0.3) is 0 Å².